The minimum absolute atomic E-state index is 0.452. The molecule has 0 atom stereocenters. The van der Waals surface area contributed by atoms with Crippen LogP contribution in [-0.2, 0) is 9.84 Å². The van der Waals surface area contributed by atoms with Crippen molar-refractivity contribution in [2.75, 3.05) is 37.8 Å². The van der Waals surface area contributed by atoms with Gasteiger partial charge in [-0.1, -0.05) is 12.1 Å². The zero-order valence-corrected chi connectivity index (χ0v) is 13.1. The molecule has 20 heavy (non-hydrogen) atoms. The SMILES string of the molecule is CNCCC1CCN(c2ccccc2S(C)(=O)=O)CC1. The number of piperidine rings is 1. The molecule has 1 heterocycles. The normalized spacial score (nSPS) is 17.4. The second-order valence-corrected chi connectivity index (χ2v) is 7.55. The van der Waals surface area contributed by atoms with Crippen LogP contribution in [0.5, 0.6) is 0 Å². The summed E-state index contributed by atoms with van der Waals surface area (Å²) in [4.78, 5) is 2.67. The Balaban J connectivity index is 2.08. The van der Waals surface area contributed by atoms with Gasteiger partial charge in [-0.2, -0.15) is 0 Å². The zero-order chi connectivity index (χ0) is 14.6. The van der Waals surface area contributed by atoms with E-state index in [4.69, 9.17) is 0 Å². The molecule has 0 radical (unpaired) electrons. The summed E-state index contributed by atoms with van der Waals surface area (Å²) in [5.41, 5.74) is 0.863. The Morgan fingerprint density at radius 1 is 1.25 bits per heavy atom. The summed E-state index contributed by atoms with van der Waals surface area (Å²) in [6, 6.07) is 7.33. The van der Waals surface area contributed by atoms with Crippen molar-refractivity contribution in [3.8, 4) is 0 Å². The van der Waals surface area contributed by atoms with Gasteiger partial charge in [-0.15, -0.1) is 0 Å². The standard InChI is InChI=1S/C15H24N2O2S/c1-16-10-7-13-8-11-17(12-9-13)14-5-3-4-6-15(14)20(2,18)19/h3-6,13,16H,7-12H2,1-2H3. The van der Waals surface area contributed by atoms with Crippen molar-refractivity contribution in [3.63, 3.8) is 0 Å². The van der Waals surface area contributed by atoms with E-state index < -0.39 is 9.84 Å². The lowest BCUT2D eigenvalue weighted by atomic mass is 9.93. The molecule has 0 aromatic heterocycles. The van der Waals surface area contributed by atoms with Crippen molar-refractivity contribution >= 4 is 15.5 Å². The molecule has 1 aliphatic rings. The highest BCUT2D eigenvalue weighted by molar-refractivity contribution is 7.90. The van der Waals surface area contributed by atoms with E-state index in [0.717, 1.165) is 44.1 Å². The Morgan fingerprint density at radius 3 is 2.50 bits per heavy atom. The van der Waals surface area contributed by atoms with Crippen molar-refractivity contribution < 1.29 is 8.42 Å². The molecule has 1 fully saturated rings. The molecule has 0 bridgehead atoms. The number of nitrogens with zero attached hydrogens (tertiary/aromatic N) is 1. The molecule has 1 aliphatic heterocycles. The van der Waals surface area contributed by atoms with Gasteiger partial charge in [-0.25, -0.2) is 8.42 Å². The van der Waals surface area contributed by atoms with Crippen LogP contribution in [0.4, 0.5) is 5.69 Å². The van der Waals surface area contributed by atoms with E-state index in [9.17, 15) is 8.42 Å². The van der Waals surface area contributed by atoms with Crippen LogP contribution < -0.4 is 10.2 Å². The average Bonchev–Trinajstić information content (AvgIpc) is 2.45. The molecule has 0 amide bonds. The lowest BCUT2D eigenvalue weighted by Crippen LogP contribution is -2.35. The summed E-state index contributed by atoms with van der Waals surface area (Å²) in [7, 11) is -1.18. The Labute approximate surface area is 122 Å². The van der Waals surface area contributed by atoms with E-state index in [0.29, 0.717) is 4.90 Å². The summed E-state index contributed by atoms with van der Waals surface area (Å²) in [5, 5.41) is 3.19. The van der Waals surface area contributed by atoms with Gasteiger partial charge in [0.15, 0.2) is 9.84 Å². The van der Waals surface area contributed by atoms with Crippen molar-refractivity contribution in [1.82, 2.24) is 5.32 Å². The van der Waals surface area contributed by atoms with Crippen LogP contribution in [0.2, 0.25) is 0 Å². The highest BCUT2D eigenvalue weighted by Crippen LogP contribution is 2.29. The van der Waals surface area contributed by atoms with Gasteiger partial charge in [0.1, 0.15) is 0 Å². The predicted molar refractivity (Wildman–Crippen MR) is 83.0 cm³/mol. The molecule has 0 spiro atoms. The Morgan fingerprint density at radius 2 is 1.90 bits per heavy atom. The Kier molecular flexibility index (Phi) is 5.05. The lowest BCUT2D eigenvalue weighted by Gasteiger charge is -2.34. The van der Waals surface area contributed by atoms with Gasteiger partial charge in [-0.05, 0) is 50.9 Å². The third-order valence-electron chi connectivity index (χ3n) is 4.02. The number of nitrogens with one attached hydrogen (secondary N) is 1. The van der Waals surface area contributed by atoms with E-state index in [-0.39, 0.29) is 0 Å². The number of rotatable bonds is 5. The molecule has 0 saturated carbocycles. The summed E-state index contributed by atoms with van der Waals surface area (Å²) >= 11 is 0. The third kappa shape index (κ3) is 3.73. The van der Waals surface area contributed by atoms with Crippen LogP contribution in [0.3, 0.4) is 0 Å². The number of hydrogen-bond donors (Lipinski definition) is 1. The van der Waals surface area contributed by atoms with Crippen LogP contribution >= 0.6 is 0 Å². The van der Waals surface area contributed by atoms with Crippen LogP contribution in [0.15, 0.2) is 29.2 Å². The van der Waals surface area contributed by atoms with Gasteiger partial charge in [0.2, 0.25) is 0 Å². The average molecular weight is 296 g/mol. The highest BCUT2D eigenvalue weighted by atomic mass is 32.2. The highest BCUT2D eigenvalue weighted by Gasteiger charge is 2.23. The number of sulfone groups is 1. The maximum absolute atomic E-state index is 11.9. The molecule has 2 rings (SSSR count). The molecule has 1 N–H and O–H groups in total. The zero-order valence-electron chi connectivity index (χ0n) is 12.3. The van der Waals surface area contributed by atoms with Crippen LogP contribution in [0, 0.1) is 5.92 Å². The van der Waals surface area contributed by atoms with E-state index >= 15 is 0 Å². The minimum Gasteiger partial charge on any atom is -0.370 e. The molecule has 112 valence electrons. The summed E-state index contributed by atoms with van der Waals surface area (Å²) < 4.78 is 23.7. The topological polar surface area (TPSA) is 49.4 Å². The van der Waals surface area contributed by atoms with E-state index in [1.54, 1.807) is 12.1 Å². The predicted octanol–water partition coefficient (Wildman–Crippen LogP) is 1.92. The maximum Gasteiger partial charge on any atom is 0.177 e. The van der Waals surface area contributed by atoms with Gasteiger partial charge in [0.05, 0.1) is 10.6 Å². The Bertz CT molecular complexity index is 535. The number of anilines is 1. The Hall–Kier alpha value is -1.07. The molecular formula is C15H24N2O2S. The second kappa shape index (κ2) is 6.59. The largest absolute Gasteiger partial charge is 0.370 e. The molecular weight excluding hydrogens is 272 g/mol. The van der Waals surface area contributed by atoms with Crippen molar-refractivity contribution in [3.05, 3.63) is 24.3 Å². The summed E-state index contributed by atoms with van der Waals surface area (Å²) in [5.74, 6) is 0.754. The molecule has 0 unspecified atom stereocenters. The van der Waals surface area contributed by atoms with Gasteiger partial charge >= 0.3 is 0 Å². The molecule has 4 nitrogen and oxygen atoms in total. The first kappa shape index (κ1) is 15.3. The second-order valence-electron chi connectivity index (χ2n) is 5.56. The first-order valence-electron chi connectivity index (χ1n) is 7.21. The van der Waals surface area contributed by atoms with Gasteiger partial charge in [-0.3, -0.25) is 0 Å². The first-order chi connectivity index (χ1) is 9.52. The van der Waals surface area contributed by atoms with Gasteiger partial charge in [0.25, 0.3) is 0 Å². The fraction of sp³-hybridized carbons (Fsp3) is 0.600. The summed E-state index contributed by atoms with van der Waals surface area (Å²) in [6.45, 7) is 2.95. The van der Waals surface area contributed by atoms with Gasteiger partial charge < -0.3 is 10.2 Å². The maximum atomic E-state index is 11.9. The fourth-order valence-corrected chi connectivity index (χ4v) is 3.75. The molecule has 1 saturated heterocycles. The first-order valence-corrected chi connectivity index (χ1v) is 9.10. The quantitative estimate of drug-likeness (QED) is 0.902. The fourth-order valence-electron chi connectivity index (χ4n) is 2.84. The van der Waals surface area contributed by atoms with Crippen molar-refractivity contribution in [1.29, 1.82) is 0 Å². The molecule has 5 heteroatoms. The minimum atomic E-state index is -3.16. The third-order valence-corrected chi connectivity index (χ3v) is 5.17. The molecule has 0 aliphatic carbocycles. The number of para-hydroxylation sites is 1. The smallest absolute Gasteiger partial charge is 0.177 e. The van der Waals surface area contributed by atoms with Crippen molar-refractivity contribution in [2.45, 2.75) is 24.2 Å². The van der Waals surface area contributed by atoms with E-state index in [2.05, 4.69) is 10.2 Å². The summed E-state index contributed by atoms with van der Waals surface area (Å²) in [6.07, 6.45) is 4.77. The molecule has 1 aromatic rings. The number of hydrogen-bond acceptors (Lipinski definition) is 4. The number of benzene rings is 1. The van der Waals surface area contributed by atoms with Gasteiger partial charge in [0, 0.05) is 19.3 Å². The monoisotopic (exact) mass is 296 g/mol. The van der Waals surface area contributed by atoms with Crippen LogP contribution in [0.25, 0.3) is 0 Å². The van der Waals surface area contributed by atoms with Crippen molar-refractivity contribution in [2.24, 2.45) is 5.92 Å². The van der Waals surface area contributed by atoms with Crippen LogP contribution in [-0.4, -0.2) is 41.4 Å². The van der Waals surface area contributed by atoms with E-state index in [1.807, 2.05) is 19.2 Å². The van der Waals surface area contributed by atoms with Crippen LogP contribution in [0.1, 0.15) is 19.3 Å². The molecule has 1 aromatic carbocycles. The van der Waals surface area contributed by atoms with E-state index in [1.165, 1.54) is 12.7 Å². The lowest BCUT2D eigenvalue weighted by molar-refractivity contribution is 0.377.